The van der Waals surface area contributed by atoms with Crippen LogP contribution in [0.25, 0.3) is 32.6 Å². The topological polar surface area (TPSA) is 112 Å². The molecule has 5 rings (SSSR count). The van der Waals surface area contributed by atoms with Crippen LogP contribution in [-0.2, 0) is 24.4 Å². The van der Waals surface area contributed by atoms with Crippen LogP contribution >= 0.6 is 11.3 Å². The molecule has 2 amide bonds. The van der Waals surface area contributed by atoms with Gasteiger partial charge in [0.15, 0.2) is 0 Å². The maximum absolute atomic E-state index is 14.3. The first-order valence-corrected chi connectivity index (χ1v) is 16.5. The molecule has 0 saturated carbocycles. The van der Waals surface area contributed by atoms with Gasteiger partial charge in [-0.3, -0.25) is 4.79 Å². The SMILES string of the molecule is CN(C)C(=O)C1(c2ccc(-c3nnc(-c4ccc(F)cc4OCCOCCNC(=O)OC(C)(C)C)c4sccc34)cc2)CCOCC1. The highest BCUT2D eigenvalue weighted by molar-refractivity contribution is 7.17. The summed E-state index contributed by atoms with van der Waals surface area (Å²) in [5, 5.41) is 14.7. The molecule has 12 heteroatoms. The number of nitrogens with zero attached hydrogens (tertiary/aromatic N) is 3. The molecule has 47 heavy (non-hydrogen) atoms. The zero-order valence-corrected chi connectivity index (χ0v) is 28.2. The number of thiophene rings is 1. The van der Waals surface area contributed by atoms with Crippen LogP contribution in [-0.4, -0.2) is 86.4 Å². The molecule has 2 aromatic heterocycles. The molecule has 1 aliphatic rings. The van der Waals surface area contributed by atoms with Gasteiger partial charge in [-0.2, -0.15) is 0 Å². The molecule has 1 saturated heterocycles. The van der Waals surface area contributed by atoms with E-state index in [4.69, 9.17) is 18.9 Å². The number of carbonyl (C=O) groups is 2. The number of rotatable bonds is 11. The van der Waals surface area contributed by atoms with Crippen molar-refractivity contribution in [1.82, 2.24) is 20.4 Å². The lowest BCUT2D eigenvalue weighted by Gasteiger charge is -2.38. The predicted molar refractivity (Wildman–Crippen MR) is 179 cm³/mol. The molecule has 0 atom stereocenters. The Bertz CT molecular complexity index is 1700. The molecule has 0 radical (unpaired) electrons. The highest BCUT2D eigenvalue weighted by Gasteiger charge is 2.42. The summed E-state index contributed by atoms with van der Waals surface area (Å²) in [6.07, 6.45) is 0.754. The summed E-state index contributed by atoms with van der Waals surface area (Å²) in [5.41, 5.74) is 2.57. The van der Waals surface area contributed by atoms with Crippen LogP contribution in [0.15, 0.2) is 53.9 Å². The number of halogens is 1. The number of alkyl carbamates (subject to hydrolysis) is 1. The normalized spacial score (nSPS) is 14.5. The summed E-state index contributed by atoms with van der Waals surface area (Å²) in [5.74, 6) is -0.0284. The fourth-order valence-electron chi connectivity index (χ4n) is 5.65. The Kier molecular flexibility index (Phi) is 10.7. The molecule has 3 heterocycles. The van der Waals surface area contributed by atoms with Gasteiger partial charge in [-0.25, -0.2) is 9.18 Å². The molecule has 2 aromatic carbocycles. The first kappa shape index (κ1) is 34.2. The van der Waals surface area contributed by atoms with Gasteiger partial charge in [0.2, 0.25) is 5.91 Å². The zero-order chi connectivity index (χ0) is 33.6. The van der Waals surface area contributed by atoms with E-state index in [-0.39, 0.29) is 32.3 Å². The molecule has 0 aliphatic carbocycles. The standard InChI is InChI=1S/C35H41FN4O6S/c1-34(2,3)46-33(42)37-15-18-44-19-20-45-28-22-25(36)10-11-26(28)30-31-27(12-21-47-31)29(38-39-30)23-6-8-24(9-7-23)35(32(41)40(4)5)13-16-43-17-14-35/h6-12,21-22H,13-20H2,1-5H3,(H,37,42). The summed E-state index contributed by atoms with van der Waals surface area (Å²) in [7, 11) is 3.58. The molecule has 4 aromatic rings. The number of nitrogens with one attached hydrogen (secondary N) is 1. The fraction of sp³-hybridized carbons (Fsp3) is 0.429. The third kappa shape index (κ3) is 8.06. The van der Waals surface area contributed by atoms with Gasteiger partial charge in [0.25, 0.3) is 0 Å². The van der Waals surface area contributed by atoms with Crippen LogP contribution in [0, 0.1) is 5.82 Å². The first-order valence-electron chi connectivity index (χ1n) is 15.6. The molecule has 1 aliphatic heterocycles. The zero-order valence-electron chi connectivity index (χ0n) is 27.4. The summed E-state index contributed by atoms with van der Waals surface area (Å²) in [6, 6.07) is 14.3. The molecular weight excluding hydrogens is 623 g/mol. The van der Waals surface area contributed by atoms with E-state index in [9.17, 15) is 14.0 Å². The molecule has 250 valence electrons. The summed E-state index contributed by atoms with van der Waals surface area (Å²) in [6.45, 7) is 7.41. The van der Waals surface area contributed by atoms with Gasteiger partial charge in [0, 0.05) is 56.4 Å². The average Bonchev–Trinajstić information content (AvgIpc) is 3.54. The second-order valence-corrected chi connectivity index (χ2v) is 13.5. The number of ether oxygens (including phenoxy) is 4. The maximum Gasteiger partial charge on any atom is 0.407 e. The summed E-state index contributed by atoms with van der Waals surface area (Å²) >= 11 is 1.52. The smallest absolute Gasteiger partial charge is 0.407 e. The lowest BCUT2D eigenvalue weighted by molar-refractivity contribution is -0.138. The molecule has 0 spiro atoms. The number of aromatic nitrogens is 2. The number of benzene rings is 2. The van der Waals surface area contributed by atoms with Gasteiger partial charge in [-0.1, -0.05) is 24.3 Å². The van der Waals surface area contributed by atoms with Crippen molar-refractivity contribution in [1.29, 1.82) is 0 Å². The number of carbonyl (C=O) groups excluding carboxylic acids is 2. The molecule has 10 nitrogen and oxygen atoms in total. The predicted octanol–water partition coefficient (Wildman–Crippen LogP) is 6.22. The van der Waals surface area contributed by atoms with Crippen molar-refractivity contribution >= 4 is 33.4 Å². The monoisotopic (exact) mass is 664 g/mol. The molecule has 1 fully saturated rings. The van der Waals surface area contributed by atoms with Crippen molar-refractivity contribution in [2.75, 3.05) is 53.7 Å². The average molecular weight is 665 g/mol. The van der Waals surface area contributed by atoms with Crippen molar-refractivity contribution in [3.63, 3.8) is 0 Å². The molecule has 0 unspecified atom stereocenters. The quantitative estimate of drug-likeness (QED) is 0.188. The van der Waals surface area contributed by atoms with Crippen molar-refractivity contribution in [3.8, 4) is 28.3 Å². The van der Waals surface area contributed by atoms with Gasteiger partial charge in [0.05, 0.1) is 23.3 Å². The lowest BCUT2D eigenvalue weighted by Crippen LogP contribution is -2.47. The minimum absolute atomic E-state index is 0.0806. The third-order valence-corrected chi connectivity index (χ3v) is 8.78. The van der Waals surface area contributed by atoms with Crippen molar-refractivity contribution in [3.05, 3.63) is 65.3 Å². The Morgan fingerprint density at radius 1 is 1.00 bits per heavy atom. The number of hydrogen-bond acceptors (Lipinski definition) is 9. The van der Waals surface area contributed by atoms with Crippen molar-refractivity contribution in [2.45, 2.75) is 44.6 Å². The van der Waals surface area contributed by atoms with E-state index in [1.807, 2.05) is 35.7 Å². The van der Waals surface area contributed by atoms with Crippen LogP contribution in [0.3, 0.4) is 0 Å². The van der Waals surface area contributed by atoms with E-state index in [1.54, 1.807) is 45.8 Å². The van der Waals surface area contributed by atoms with Gasteiger partial charge in [-0.15, -0.1) is 21.5 Å². The van der Waals surface area contributed by atoms with Crippen molar-refractivity contribution < 1.29 is 32.9 Å². The minimum atomic E-state index is -0.617. The van der Waals surface area contributed by atoms with E-state index in [1.165, 1.54) is 23.5 Å². The van der Waals surface area contributed by atoms with Crippen LogP contribution in [0.4, 0.5) is 9.18 Å². The molecule has 0 bridgehead atoms. The number of fused-ring (bicyclic) bond motifs is 1. The van der Waals surface area contributed by atoms with Crippen LogP contribution in [0.2, 0.25) is 0 Å². The highest BCUT2D eigenvalue weighted by Crippen LogP contribution is 2.41. The number of amides is 2. The maximum atomic E-state index is 14.3. The Balaban J connectivity index is 1.30. The lowest BCUT2D eigenvalue weighted by atomic mass is 9.73. The summed E-state index contributed by atoms with van der Waals surface area (Å²) in [4.78, 5) is 26.7. The van der Waals surface area contributed by atoms with E-state index in [0.717, 1.165) is 26.9 Å². The van der Waals surface area contributed by atoms with Crippen LogP contribution in [0.5, 0.6) is 5.75 Å². The fourth-order valence-corrected chi connectivity index (χ4v) is 6.55. The second kappa shape index (κ2) is 14.7. The van der Waals surface area contributed by atoms with Crippen molar-refractivity contribution in [2.24, 2.45) is 0 Å². The van der Waals surface area contributed by atoms with Gasteiger partial charge >= 0.3 is 6.09 Å². The highest BCUT2D eigenvalue weighted by atomic mass is 32.1. The number of hydrogen-bond donors (Lipinski definition) is 1. The minimum Gasteiger partial charge on any atom is -0.490 e. The van der Waals surface area contributed by atoms with Crippen LogP contribution in [0.1, 0.15) is 39.2 Å². The Hall–Kier alpha value is -4.13. The third-order valence-electron chi connectivity index (χ3n) is 7.86. The van der Waals surface area contributed by atoms with Gasteiger partial charge in [0.1, 0.15) is 35.2 Å². The second-order valence-electron chi connectivity index (χ2n) is 12.6. The van der Waals surface area contributed by atoms with Gasteiger partial charge < -0.3 is 29.2 Å². The summed E-state index contributed by atoms with van der Waals surface area (Å²) < 4.78 is 37.5. The largest absolute Gasteiger partial charge is 0.490 e. The van der Waals surface area contributed by atoms with E-state index in [2.05, 4.69) is 15.5 Å². The Morgan fingerprint density at radius 2 is 1.72 bits per heavy atom. The van der Waals surface area contributed by atoms with E-state index < -0.39 is 22.9 Å². The first-order chi connectivity index (χ1) is 22.5. The van der Waals surface area contributed by atoms with Crippen LogP contribution < -0.4 is 10.1 Å². The van der Waals surface area contributed by atoms with E-state index >= 15 is 0 Å². The molecular formula is C35H41FN4O6S. The molecule has 1 N–H and O–H groups in total. The Morgan fingerprint density at radius 3 is 2.43 bits per heavy atom. The van der Waals surface area contributed by atoms with Gasteiger partial charge in [-0.05, 0) is 62.8 Å². The van der Waals surface area contributed by atoms with E-state index in [0.29, 0.717) is 43.1 Å². The number of likely N-dealkylation sites (N-methyl/N-ethyl adjacent to an activating group) is 1. The Labute approximate surface area is 278 Å².